The van der Waals surface area contributed by atoms with E-state index in [0.29, 0.717) is 0 Å². The van der Waals surface area contributed by atoms with Crippen LogP contribution in [0.5, 0.6) is 0 Å². The molecule has 1 N–H and O–H groups in total. The molecule has 0 radical (unpaired) electrons. The molecule has 0 amide bonds. The molecule has 1 heteroatoms. The third-order valence-corrected chi connectivity index (χ3v) is 1.15. The fraction of sp³-hybridized carbons (Fsp3) is 0.714. The van der Waals surface area contributed by atoms with Crippen LogP contribution in [-0.2, 0) is 0 Å². The van der Waals surface area contributed by atoms with Crippen molar-refractivity contribution in [2.45, 2.75) is 33.1 Å². The van der Waals surface area contributed by atoms with E-state index in [4.69, 9.17) is 5.11 Å². The molecule has 0 aromatic rings. The molecule has 48 valence electrons. The summed E-state index contributed by atoms with van der Waals surface area (Å²) in [6, 6.07) is 0. The minimum Gasteiger partial charge on any atom is -0.516 e. The van der Waals surface area contributed by atoms with Crippen LogP contribution in [0.2, 0.25) is 0 Å². The minimum absolute atomic E-state index is 1.03. The third-order valence-electron chi connectivity index (χ3n) is 1.15. The third kappa shape index (κ3) is 3.72. The Bertz CT molecular complexity index is 74.5. The molecule has 0 aliphatic heterocycles. The van der Waals surface area contributed by atoms with Gasteiger partial charge in [0.05, 0.1) is 6.26 Å². The maximum absolute atomic E-state index is 8.40. The van der Waals surface area contributed by atoms with E-state index in [2.05, 4.69) is 6.92 Å². The van der Waals surface area contributed by atoms with Crippen molar-refractivity contribution in [2.24, 2.45) is 0 Å². The highest BCUT2D eigenvalue weighted by molar-refractivity contribution is 4.90. The minimum atomic E-state index is 1.03. The lowest BCUT2D eigenvalue weighted by atomic mass is 10.1. The summed E-state index contributed by atoms with van der Waals surface area (Å²) in [6.07, 6.45) is 4.61. The standard InChI is InChI=1S/C7H14O/c1-3-4-5-7(2)6-8/h6,8H,3-5H2,1-2H3/b7-6+. The molecule has 0 rings (SSSR count). The summed E-state index contributed by atoms with van der Waals surface area (Å²) >= 11 is 0. The van der Waals surface area contributed by atoms with E-state index in [1.165, 1.54) is 19.1 Å². The molecular weight excluding hydrogens is 100 g/mol. The zero-order chi connectivity index (χ0) is 6.41. The second kappa shape index (κ2) is 4.69. The van der Waals surface area contributed by atoms with Gasteiger partial charge in [-0.25, -0.2) is 0 Å². The first kappa shape index (κ1) is 7.54. The fourth-order valence-electron chi connectivity index (χ4n) is 0.520. The molecule has 0 aromatic carbocycles. The van der Waals surface area contributed by atoms with Crippen LogP contribution in [0.3, 0.4) is 0 Å². The predicted molar refractivity (Wildman–Crippen MR) is 35.9 cm³/mol. The quantitative estimate of drug-likeness (QED) is 0.559. The number of rotatable bonds is 3. The van der Waals surface area contributed by atoms with E-state index < -0.39 is 0 Å². The summed E-state index contributed by atoms with van der Waals surface area (Å²) in [6.45, 7) is 4.08. The number of unbranched alkanes of at least 4 members (excludes halogenated alkanes) is 1. The number of hydrogen-bond acceptors (Lipinski definition) is 1. The van der Waals surface area contributed by atoms with Crippen molar-refractivity contribution < 1.29 is 5.11 Å². The van der Waals surface area contributed by atoms with Gasteiger partial charge < -0.3 is 5.11 Å². The molecule has 0 bridgehead atoms. The highest BCUT2D eigenvalue weighted by atomic mass is 16.2. The molecule has 8 heavy (non-hydrogen) atoms. The number of hydrogen-bond donors (Lipinski definition) is 1. The van der Waals surface area contributed by atoms with Crippen molar-refractivity contribution in [1.82, 2.24) is 0 Å². The SMILES string of the molecule is CCCC/C(C)=C/O. The summed E-state index contributed by atoms with van der Waals surface area (Å²) in [5.41, 5.74) is 1.08. The van der Waals surface area contributed by atoms with Gasteiger partial charge in [0.15, 0.2) is 0 Å². The van der Waals surface area contributed by atoms with Crippen molar-refractivity contribution in [2.75, 3.05) is 0 Å². The van der Waals surface area contributed by atoms with Crippen molar-refractivity contribution in [3.05, 3.63) is 11.8 Å². The van der Waals surface area contributed by atoms with E-state index in [9.17, 15) is 0 Å². The summed E-state index contributed by atoms with van der Waals surface area (Å²) in [5.74, 6) is 0. The molecule has 0 atom stereocenters. The van der Waals surface area contributed by atoms with Crippen molar-refractivity contribution in [1.29, 1.82) is 0 Å². The van der Waals surface area contributed by atoms with Gasteiger partial charge in [0, 0.05) is 0 Å². The Hall–Kier alpha value is -0.460. The maximum Gasteiger partial charge on any atom is 0.0780 e. The van der Waals surface area contributed by atoms with Gasteiger partial charge in [0.25, 0.3) is 0 Å². The molecule has 0 unspecified atom stereocenters. The molecule has 0 spiro atoms. The Morgan fingerprint density at radius 2 is 2.25 bits per heavy atom. The first-order valence-corrected chi connectivity index (χ1v) is 3.11. The van der Waals surface area contributed by atoms with E-state index >= 15 is 0 Å². The van der Waals surface area contributed by atoms with Crippen LogP contribution in [-0.4, -0.2) is 5.11 Å². The van der Waals surface area contributed by atoms with Crippen LogP contribution >= 0.6 is 0 Å². The Morgan fingerprint density at radius 3 is 2.62 bits per heavy atom. The van der Waals surface area contributed by atoms with Crippen molar-refractivity contribution in [3.8, 4) is 0 Å². The lowest BCUT2D eigenvalue weighted by Gasteiger charge is -1.93. The molecular formula is C7H14O. The van der Waals surface area contributed by atoms with Gasteiger partial charge in [0.2, 0.25) is 0 Å². The predicted octanol–water partition coefficient (Wildman–Crippen LogP) is 2.64. The molecule has 0 saturated carbocycles. The normalized spacial score (nSPS) is 12.0. The first-order valence-electron chi connectivity index (χ1n) is 3.11. The van der Waals surface area contributed by atoms with Gasteiger partial charge in [-0.15, -0.1) is 0 Å². The smallest absolute Gasteiger partial charge is 0.0780 e. The molecule has 0 fully saturated rings. The molecule has 0 aliphatic rings. The van der Waals surface area contributed by atoms with E-state index in [-0.39, 0.29) is 0 Å². The topological polar surface area (TPSA) is 20.2 Å². The van der Waals surface area contributed by atoms with Crippen LogP contribution in [0, 0.1) is 0 Å². The average molecular weight is 114 g/mol. The summed E-state index contributed by atoms with van der Waals surface area (Å²) in [4.78, 5) is 0. The van der Waals surface area contributed by atoms with Gasteiger partial charge >= 0.3 is 0 Å². The lowest BCUT2D eigenvalue weighted by molar-refractivity contribution is 0.463. The molecule has 0 aromatic heterocycles. The monoisotopic (exact) mass is 114 g/mol. The lowest BCUT2D eigenvalue weighted by Crippen LogP contribution is -1.75. The Kier molecular flexibility index (Phi) is 4.42. The van der Waals surface area contributed by atoms with E-state index in [1.807, 2.05) is 6.92 Å². The van der Waals surface area contributed by atoms with Crippen LogP contribution in [0.25, 0.3) is 0 Å². The molecule has 0 saturated heterocycles. The highest BCUT2D eigenvalue weighted by Gasteiger charge is 1.85. The number of aliphatic hydroxyl groups excluding tert-OH is 1. The fourth-order valence-corrected chi connectivity index (χ4v) is 0.520. The summed E-state index contributed by atoms with van der Waals surface area (Å²) < 4.78 is 0. The summed E-state index contributed by atoms with van der Waals surface area (Å²) in [5, 5.41) is 8.40. The second-order valence-corrected chi connectivity index (χ2v) is 2.08. The Balaban J connectivity index is 3.12. The molecule has 0 aliphatic carbocycles. The summed E-state index contributed by atoms with van der Waals surface area (Å²) in [7, 11) is 0. The molecule has 0 heterocycles. The Morgan fingerprint density at radius 1 is 1.62 bits per heavy atom. The van der Waals surface area contributed by atoms with Gasteiger partial charge in [-0.05, 0) is 25.3 Å². The van der Waals surface area contributed by atoms with Crippen LogP contribution in [0.1, 0.15) is 33.1 Å². The number of aliphatic hydroxyl groups is 1. The molecule has 1 nitrogen and oxygen atoms in total. The Labute approximate surface area is 51.0 Å². The van der Waals surface area contributed by atoms with Gasteiger partial charge in [-0.3, -0.25) is 0 Å². The van der Waals surface area contributed by atoms with Crippen molar-refractivity contribution in [3.63, 3.8) is 0 Å². The maximum atomic E-state index is 8.40. The van der Waals surface area contributed by atoms with Gasteiger partial charge in [-0.2, -0.15) is 0 Å². The van der Waals surface area contributed by atoms with Gasteiger partial charge in [0.1, 0.15) is 0 Å². The van der Waals surface area contributed by atoms with Crippen LogP contribution < -0.4 is 0 Å². The number of allylic oxidation sites excluding steroid dienone is 1. The van der Waals surface area contributed by atoms with Gasteiger partial charge in [-0.1, -0.05) is 13.3 Å². The van der Waals surface area contributed by atoms with E-state index in [1.54, 1.807) is 0 Å². The largest absolute Gasteiger partial charge is 0.516 e. The van der Waals surface area contributed by atoms with Crippen molar-refractivity contribution >= 4 is 0 Å². The van der Waals surface area contributed by atoms with E-state index in [0.717, 1.165) is 12.0 Å². The second-order valence-electron chi connectivity index (χ2n) is 2.08. The highest BCUT2D eigenvalue weighted by Crippen LogP contribution is 2.03. The van der Waals surface area contributed by atoms with Crippen LogP contribution in [0.15, 0.2) is 11.8 Å². The average Bonchev–Trinajstić information content (AvgIpc) is 1.83. The van der Waals surface area contributed by atoms with Crippen LogP contribution in [0.4, 0.5) is 0 Å². The zero-order valence-corrected chi connectivity index (χ0v) is 5.65. The zero-order valence-electron chi connectivity index (χ0n) is 5.65. The first-order chi connectivity index (χ1) is 3.81.